The Hall–Kier alpha value is -1.81. The Bertz CT molecular complexity index is 573. The summed E-state index contributed by atoms with van der Waals surface area (Å²) in [4.78, 5) is 17.7. The predicted octanol–water partition coefficient (Wildman–Crippen LogP) is 2.97. The van der Waals surface area contributed by atoms with Gasteiger partial charge in [0.25, 0.3) is 5.91 Å². The second-order valence-corrected chi connectivity index (χ2v) is 4.88. The number of hydrogen-bond donors (Lipinski definition) is 1. The van der Waals surface area contributed by atoms with E-state index in [4.69, 9.17) is 0 Å². The first-order valence-electron chi connectivity index (χ1n) is 5.33. The van der Waals surface area contributed by atoms with E-state index in [9.17, 15) is 4.79 Å². The zero-order chi connectivity index (χ0) is 11.7. The third kappa shape index (κ3) is 2.03. The zero-order valence-corrected chi connectivity index (χ0v) is 9.83. The Morgan fingerprint density at radius 3 is 3.06 bits per heavy atom. The number of nitrogens with zero attached hydrogens (tertiary/aromatic N) is 1. The van der Waals surface area contributed by atoms with Gasteiger partial charge in [-0.05, 0) is 23.8 Å². The van der Waals surface area contributed by atoms with Crippen LogP contribution >= 0.6 is 11.8 Å². The molecule has 0 bridgehead atoms. The molecule has 0 aliphatic carbocycles. The van der Waals surface area contributed by atoms with Crippen molar-refractivity contribution >= 4 is 29.6 Å². The van der Waals surface area contributed by atoms with Crippen LogP contribution in [0, 0.1) is 0 Å². The van der Waals surface area contributed by atoms with Crippen molar-refractivity contribution in [3.05, 3.63) is 47.0 Å². The van der Waals surface area contributed by atoms with Crippen LogP contribution in [0.5, 0.6) is 0 Å². The van der Waals surface area contributed by atoms with Crippen molar-refractivity contribution in [2.75, 3.05) is 5.32 Å². The van der Waals surface area contributed by atoms with E-state index in [1.165, 1.54) is 11.8 Å². The van der Waals surface area contributed by atoms with Gasteiger partial charge in [0.15, 0.2) is 0 Å². The molecule has 1 aromatic carbocycles. The minimum Gasteiger partial charge on any atom is -0.320 e. The summed E-state index contributed by atoms with van der Waals surface area (Å²) in [5, 5.41) is 2.89. The number of hydrogen-bond acceptors (Lipinski definition) is 3. The molecule has 3 rings (SSSR count). The number of aliphatic imine (C=N–C) groups is 1. The lowest BCUT2D eigenvalue weighted by Gasteiger charge is -2.18. The fourth-order valence-electron chi connectivity index (χ4n) is 1.73. The van der Waals surface area contributed by atoms with E-state index in [1.54, 1.807) is 6.20 Å². The van der Waals surface area contributed by atoms with Crippen LogP contribution in [0.1, 0.15) is 6.42 Å². The van der Waals surface area contributed by atoms with E-state index in [2.05, 4.69) is 10.3 Å². The molecule has 0 spiro atoms. The van der Waals surface area contributed by atoms with Crippen LogP contribution in [0.15, 0.2) is 56.9 Å². The van der Waals surface area contributed by atoms with E-state index in [0.717, 1.165) is 27.5 Å². The smallest absolute Gasteiger partial charge is 0.262 e. The van der Waals surface area contributed by atoms with Crippen LogP contribution in [0.25, 0.3) is 0 Å². The summed E-state index contributed by atoms with van der Waals surface area (Å²) in [6, 6.07) is 7.81. The number of thioether (sulfide) groups is 1. The average Bonchev–Trinajstić information content (AvgIpc) is 2.83. The largest absolute Gasteiger partial charge is 0.320 e. The average molecular weight is 242 g/mol. The molecule has 0 saturated heterocycles. The number of carbonyl (C=O) groups excluding carboxylic acids is 1. The highest BCUT2D eigenvalue weighted by atomic mass is 32.2. The molecule has 1 amide bonds. The van der Waals surface area contributed by atoms with E-state index >= 15 is 0 Å². The summed E-state index contributed by atoms with van der Waals surface area (Å²) in [6.07, 6.45) is 6.34. The fraction of sp³-hybridized carbons (Fsp3) is 0.0769. The summed E-state index contributed by atoms with van der Waals surface area (Å²) in [5.41, 5.74) is 1.96. The number of anilines is 1. The first-order chi connectivity index (χ1) is 8.33. The van der Waals surface area contributed by atoms with Gasteiger partial charge in [-0.15, -0.1) is 0 Å². The maximum atomic E-state index is 11.9. The quantitative estimate of drug-likeness (QED) is 0.769. The number of nitrogens with one attached hydrogen (secondary N) is 1. The van der Waals surface area contributed by atoms with Crippen molar-refractivity contribution in [3.63, 3.8) is 0 Å². The van der Waals surface area contributed by atoms with Crippen molar-refractivity contribution in [3.8, 4) is 0 Å². The van der Waals surface area contributed by atoms with E-state index in [0.29, 0.717) is 0 Å². The highest BCUT2D eigenvalue weighted by Gasteiger charge is 2.20. The van der Waals surface area contributed by atoms with Crippen molar-refractivity contribution in [1.82, 2.24) is 0 Å². The van der Waals surface area contributed by atoms with Crippen LogP contribution in [0.4, 0.5) is 5.69 Å². The second kappa shape index (κ2) is 4.22. The summed E-state index contributed by atoms with van der Waals surface area (Å²) >= 11 is 1.50. The molecule has 0 fully saturated rings. The van der Waals surface area contributed by atoms with E-state index in [-0.39, 0.29) is 5.91 Å². The SMILES string of the molecule is O=C1Nc2ccccc2S/C1=C\C1=CN=CC1. The highest BCUT2D eigenvalue weighted by molar-refractivity contribution is 8.04. The molecule has 2 aliphatic rings. The van der Waals surface area contributed by atoms with E-state index < -0.39 is 0 Å². The number of amides is 1. The van der Waals surface area contributed by atoms with Crippen molar-refractivity contribution in [1.29, 1.82) is 0 Å². The molecule has 2 aliphatic heterocycles. The Morgan fingerprint density at radius 1 is 1.35 bits per heavy atom. The summed E-state index contributed by atoms with van der Waals surface area (Å²) in [7, 11) is 0. The lowest BCUT2D eigenvalue weighted by molar-refractivity contribution is -0.112. The number of allylic oxidation sites excluding steroid dienone is 2. The molecule has 1 aromatic rings. The predicted molar refractivity (Wildman–Crippen MR) is 70.2 cm³/mol. The fourth-order valence-corrected chi connectivity index (χ4v) is 2.69. The molecule has 3 nitrogen and oxygen atoms in total. The van der Waals surface area contributed by atoms with Crippen LogP contribution in [-0.4, -0.2) is 12.1 Å². The number of rotatable bonds is 1. The summed E-state index contributed by atoms with van der Waals surface area (Å²) in [5.74, 6) is -0.0403. The minimum absolute atomic E-state index is 0.0403. The molecular formula is C13H10N2OS. The van der Waals surface area contributed by atoms with Crippen LogP contribution in [0.3, 0.4) is 0 Å². The number of carbonyl (C=O) groups is 1. The molecule has 0 aromatic heterocycles. The Kier molecular flexibility index (Phi) is 2.57. The van der Waals surface area contributed by atoms with Crippen molar-refractivity contribution in [2.45, 2.75) is 11.3 Å². The maximum absolute atomic E-state index is 11.9. The highest BCUT2D eigenvalue weighted by Crippen LogP contribution is 2.38. The Morgan fingerprint density at radius 2 is 2.24 bits per heavy atom. The van der Waals surface area contributed by atoms with Crippen LogP contribution in [-0.2, 0) is 4.79 Å². The molecule has 1 N–H and O–H groups in total. The summed E-state index contributed by atoms with van der Waals surface area (Å²) < 4.78 is 0. The molecule has 4 heteroatoms. The van der Waals surface area contributed by atoms with Crippen LogP contribution in [0.2, 0.25) is 0 Å². The number of para-hydroxylation sites is 1. The maximum Gasteiger partial charge on any atom is 0.262 e. The first-order valence-corrected chi connectivity index (χ1v) is 6.15. The van der Waals surface area contributed by atoms with Gasteiger partial charge in [0.2, 0.25) is 0 Å². The molecule has 0 atom stereocenters. The molecule has 0 unspecified atom stereocenters. The van der Waals surface area contributed by atoms with Gasteiger partial charge in [-0.2, -0.15) is 0 Å². The molecule has 0 saturated carbocycles. The van der Waals surface area contributed by atoms with Crippen molar-refractivity contribution < 1.29 is 4.79 Å². The van der Waals surface area contributed by atoms with Gasteiger partial charge in [0.1, 0.15) is 0 Å². The molecule has 0 radical (unpaired) electrons. The van der Waals surface area contributed by atoms with Gasteiger partial charge in [0.05, 0.1) is 10.6 Å². The topological polar surface area (TPSA) is 41.5 Å². The molecule has 84 valence electrons. The van der Waals surface area contributed by atoms with Gasteiger partial charge in [-0.1, -0.05) is 23.9 Å². The number of fused-ring (bicyclic) bond motifs is 1. The van der Waals surface area contributed by atoms with Crippen molar-refractivity contribution in [2.24, 2.45) is 4.99 Å². The van der Waals surface area contributed by atoms with Gasteiger partial charge in [-0.3, -0.25) is 9.79 Å². The third-order valence-electron chi connectivity index (χ3n) is 2.57. The number of benzene rings is 1. The third-order valence-corrected chi connectivity index (χ3v) is 3.67. The Balaban J connectivity index is 1.92. The molecular weight excluding hydrogens is 232 g/mol. The van der Waals surface area contributed by atoms with Gasteiger partial charge in [-0.25, -0.2) is 0 Å². The van der Waals surface area contributed by atoms with Crippen LogP contribution < -0.4 is 5.32 Å². The second-order valence-electron chi connectivity index (χ2n) is 3.80. The van der Waals surface area contributed by atoms with E-state index in [1.807, 2.05) is 36.6 Å². The summed E-state index contributed by atoms with van der Waals surface area (Å²) in [6.45, 7) is 0. The molecule has 17 heavy (non-hydrogen) atoms. The Labute approximate surface area is 103 Å². The lowest BCUT2D eigenvalue weighted by atomic mass is 10.2. The molecule has 2 heterocycles. The lowest BCUT2D eigenvalue weighted by Crippen LogP contribution is -2.17. The normalized spacial score (nSPS) is 20.1. The minimum atomic E-state index is -0.0403. The van der Waals surface area contributed by atoms with Gasteiger partial charge >= 0.3 is 0 Å². The monoisotopic (exact) mass is 242 g/mol. The van der Waals surface area contributed by atoms with Gasteiger partial charge in [0, 0.05) is 23.7 Å². The first kappa shape index (κ1) is 10.4. The standard InChI is InChI=1S/C13H10N2OS/c16-13-12(7-9-5-6-14-8-9)17-11-4-2-1-3-10(11)15-13/h1-4,6-8H,5H2,(H,15,16)/b12-7-. The van der Waals surface area contributed by atoms with Gasteiger partial charge < -0.3 is 5.32 Å². The zero-order valence-electron chi connectivity index (χ0n) is 9.01.